The molecule has 1 N–H and O–H groups in total. The van der Waals surface area contributed by atoms with E-state index in [0.29, 0.717) is 6.42 Å². The minimum absolute atomic E-state index is 0.102. The van der Waals surface area contributed by atoms with Gasteiger partial charge in [-0.1, -0.05) is 6.08 Å². The molecule has 1 aliphatic heterocycles. The maximum atomic E-state index is 9.97. The van der Waals surface area contributed by atoms with Gasteiger partial charge in [-0.05, 0) is 46.5 Å². The molecule has 0 spiro atoms. The monoisotopic (exact) mass is 198 g/mol. The van der Waals surface area contributed by atoms with Crippen LogP contribution in [-0.4, -0.2) is 22.4 Å². The molecule has 82 valence electrons. The van der Waals surface area contributed by atoms with Gasteiger partial charge in [-0.25, -0.2) is 0 Å². The Morgan fingerprint density at radius 1 is 1.43 bits per heavy atom. The lowest BCUT2D eigenvalue weighted by molar-refractivity contribution is -0.207. The van der Waals surface area contributed by atoms with Crippen molar-refractivity contribution in [3.05, 3.63) is 12.7 Å². The number of aliphatic hydroxyl groups is 1. The van der Waals surface area contributed by atoms with E-state index in [-0.39, 0.29) is 5.60 Å². The zero-order chi connectivity index (χ0) is 10.8. The third-order valence-electron chi connectivity index (χ3n) is 3.06. The lowest BCUT2D eigenvalue weighted by Gasteiger charge is -2.45. The molecule has 1 rings (SSSR count). The van der Waals surface area contributed by atoms with Gasteiger partial charge in [-0.3, -0.25) is 0 Å². The molecule has 2 heteroatoms. The van der Waals surface area contributed by atoms with Crippen molar-refractivity contribution in [1.82, 2.24) is 0 Å². The molecular weight excluding hydrogens is 176 g/mol. The molecule has 2 atom stereocenters. The smallest absolute Gasteiger partial charge is 0.0922 e. The van der Waals surface area contributed by atoms with Crippen LogP contribution >= 0.6 is 0 Å². The lowest BCUT2D eigenvalue weighted by atomic mass is 9.83. The summed E-state index contributed by atoms with van der Waals surface area (Å²) in [6, 6.07) is 0. The molecule has 1 fully saturated rings. The summed E-state index contributed by atoms with van der Waals surface area (Å²) >= 11 is 0. The fourth-order valence-corrected chi connectivity index (χ4v) is 2.24. The van der Waals surface area contributed by atoms with Crippen molar-refractivity contribution in [2.45, 2.75) is 63.8 Å². The summed E-state index contributed by atoms with van der Waals surface area (Å²) in [6.45, 7) is 9.83. The Morgan fingerprint density at radius 3 is 2.57 bits per heavy atom. The van der Waals surface area contributed by atoms with Gasteiger partial charge in [0.1, 0.15) is 0 Å². The first-order valence-electron chi connectivity index (χ1n) is 5.39. The zero-order valence-corrected chi connectivity index (χ0v) is 9.55. The third kappa shape index (κ3) is 2.58. The van der Waals surface area contributed by atoms with Crippen molar-refractivity contribution in [3.8, 4) is 0 Å². The first-order valence-corrected chi connectivity index (χ1v) is 5.39. The SMILES string of the molecule is C=CC[C@H](O)[C@@]1(C)CCCC(C)(C)O1. The van der Waals surface area contributed by atoms with Gasteiger partial charge >= 0.3 is 0 Å². The maximum absolute atomic E-state index is 9.97. The summed E-state index contributed by atoms with van der Waals surface area (Å²) in [5.74, 6) is 0. The highest BCUT2D eigenvalue weighted by molar-refractivity contribution is 4.94. The standard InChI is InChI=1S/C12H22O2/c1-5-7-10(13)12(4)9-6-8-11(2,3)14-12/h5,10,13H,1,6-9H2,2-4H3/t10-,12+/m0/s1. The third-order valence-corrected chi connectivity index (χ3v) is 3.06. The minimum Gasteiger partial charge on any atom is -0.390 e. The molecule has 1 saturated heterocycles. The van der Waals surface area contributed by atoms with Crippen molar-refractivity contribution in [3.63, 3.8) is 0 Å². The average molecular weight is 198 g/mol. The van der Waals surface area contributed by atoms with Crippen LogP contribution in [0.25, 0.3) is 0 Å². The Labute approximate surface area is 87.0 Å². The van der Waals surface area contributed by atoms with Crippen molar-refractivity contribution in [2.24, 2.45) is 0 Å². The van der Waals surface area contributed by atoms with Gasteiger partial charge in [0.2, 0.25) is 0 Å². The van der Waals surface area contributed by atoms with E-state index in [1.807, 2.05) is 6.92 Å². The molecule has 0 bridgehead atoms. The maximum Gasteiger partial charge on any atom is 0.0922 e. The molecule has 0 unspecified atom stereocenters. The molecular formula is C12H22O2. The van der Waals surface area contributed by atoms with Crippen LogP contribution in [-0.2, 0) is 4.74 Å². The second-order valence-electron chi connectivity index (χ2n) is 5.07. The Hall–Kier alpha value is -0.340. The zero-order valence-electron chi connectivity index (χ0n) is 9.55. The van der Waals surface area contributed by atoms with E-state index >= 15 is 0 Å². The Bertz CT molecular complexity index is 210. The quantitative estimate of drug-likeness (QED) is 0.706. The molecule has 1 aliphatic rings. The number of hydrogen-bond acceptors (Lipinski definition) is 2. The molecule has 0 aromatic rings. The highest BCUT2D eigenvalue weighted by atomic mass is 16.5. The lowest BCUT2D eigenvalue weighted by Crippen LogP contribution is -2.50. The summed E-state index contributed by atoms with van der Waals surface area (Å²) in [5.41, 5.74) is -0.495. The van der Waals surface area contributed by atoms with Crippen LogP contribution in [0, 0.1) is 0 Å². The van der Waals surface area contributed by atoms with E-state index in [1.54, 1.807) is 6.08 Å². The summed E-state index contributed by atoms with van der Waals surface area (Å²) in [7, 11) is 0. The molecule has 0 aromatic carbocycles. The van der Waals surface area contributed by atoms with Crippen LogP contribution in [0.5, 0.6) is 0 Å². The van der Waals surface area contributed by atoms with Crippen LogP contribution in [0.3, 0.4) is 0 Å². The van der Waals surface area contributed by atoms with E-state index in [2.05, 4.69) is 20.4 Å². The van der Waals surface area contributed by atoms with Crippen molar-refractivity contribution in [1.29, 1.82) is 0 Å². The molecule has 0 amide bonds. The van der Waals surface area contributed by atoms with E-state index in [4.69, 9.17) is 4.74 Å². The molecule has 2 nitrogen and oxygen atoms in total. The highest BCUT2D eigenvalue weighted by Gasteiger charge is 2.41. The van der Waals surface area contributed by atoms with E-state index in [1.165, 1.54) is 0 Å². The van der Waals surface area contributed by atoms with Crippen molar-refractivity contribution < 1.29 is 9.84 Å². The predicted molar refractivity (Wildman–Crippen MR) is 58.2 cm³/mol. The fraction of sp³-hybridized carbons (Fsp3) is 0.833. The van der Waals surface area contributed by atoms with Gasteiger partial charge in [0.25, 0.3) is 0 Å². The second kappa shape index (κ2) is 4.03. The summed E-state index contributed by atoms with van der Waals surface area (Å²) < 4.78 is 5.98. The van der Waals surface area contributed by atoms with Crippen molar-refractivity contribution in [2.75, 3.05) is 0 Å². The van der Waals surface area contributed by atoms with Gasteiger partial charge in [-0.15, -0.1) is 6.58 Å². The van der Waals surface area contributed by atoms with Gasteiger partial charge in [-0.2, -0.15) is 0 Å². The average Bonchev–Trinajstić information content (AvgIpc) is 2.02. The minimum atomic E-state index is -0.431. The van der Waals surface area contributed by atoms with Crippen molar-refractivity contribution >= 4 is 0 Å². The highest BCUT2D eigenvalue weighted by Crippen LogP contribution is 2.37. The van der Waals surface area contributed by atoms with Crippen LogP contribution in [0.1, 0.15) is 46.5 Å². The fourth-order valence-electron chi connectivity index (χ4n) is 2.24. The number of ether oxygens (including phenoxy) is 1. The predicted octanol–water partition coefficient (Wildman–Crippen LogP) is 2.66. The van der Waals surface area contributed by atoms with Gasteiger partial charge in [0.05, 0.1) is 17.3 Å². The molecule has 0 radical (unpaired) electrons. The Kier molecular flexibility index (Phi) is 3.38. The molecule has 0 aromatic heterocycles. The summed E-state index contributed by atoms with van der Waals surface area (Å²) in [4.78, 5) is 0. The molecule has 1 heterocycles. The first kappa shape index (κ1) is 11.7. The van der Waals surface area contributed by atoms with Gasteiger partial charge in [0.15, 0.2) is 0 Å². The Balaban J connectivity index is 2.68. The molecule has 14 heavy (non-hydrogen) atoms. The van der Waals surface area contributed by atoms with E-state index in [0.717, 1.165) is 19.3 Å². The van der Waals surface area contributed by atoms with Gasteiger partial charge < -0.3 is 9.84 Å². The van der Waals surface area contributed by atoms with E-state index in [9.17, 15) is 5.11 Å². The largest absolute Gasteiger partial charge is 0.390 e. The van der Waals surface area contributed by atoms with Crippen LogP contribution in [0.15, 0.2) is 12.7 Å². The Morgan fingerprint density at radius 2 is 2.07 bits per heavy atom. The van der Waals surface area contributed by atoms with E-state index < -0.39 is 11.7 Å². The number of hydrogen-bond donors (Lipinski definition) is 1. The summed E-state index contributed by atoms with van der Waals surface area (Å²) in [6.07, 6.45) is 5.06. The topological polar surface area (TPSA) is 29.5 Å². The second-order valence-corrected chi connectivity index (χ2v) is 5.07. The summed E-state index contributed by atoms with van der Waals surface area (Å²) in [5, 5.41) is 9.97. The van der Waals surface area contributed by atoms with Gasteiger partial charge in [0, 0.05) is 0 Å². The van der Waals surface area contributed by atoms with Crippen LogP contribution < -0.4 is 0 Å². The number of rotatable bonds is 3. The number of aliphatic hydroxyl groups excluding tert-OH is 1. The van der Waals surface area contributed by atoms with Crippen LogP contribution in [0.2, 0.25) is 0 Å². The molecule has 0 aliphatic carbocycles. The first-order chi connectivity index (χ1) is 6.40. The molecule has 0 saturated carbocycles. The van der Waals surface area contributed by atoms with Crippen LogP contribution in [0.4, 0.5) is 0 Å². The normalized spacial score (nSPS) is 33.7.